The molecule has 0 rings (SSSR count). The molecule has 1 atom stereocenters. The Morgan fingerprint density at radius 2 is 1.80 bits per heavy atom. The van der Waals surface area contributed by atoms with E-state index >= 15 is 0 Å². The van der Waals surface area contributed by atoms with Crippen molar-refractivity contribution in [3.8, 4) is 0 Å². The summed E-state index contributed by atoms with van der Waals surface area (Å²) in [5.41, 5.74) is 0. The van der Waals surface area contributed by atoms with E-state index in [2.05, 4.69) is 10.2 Å². The molecule has 0 radical (unpaired) electrons. The molecule has 0 aliphatic rings. The molecular formula is C8H14O5S2. The van der Waals surface area contributed by atoms with E-state index < -0.39 is 25.5 Å². The molecule has 0 fully saturated rings. The molecule has 0 saturated carbocycles. The smallest absolute Gasteiger partial charge is 0.198 e. The van der Waals surface area contributed by atoms with Gasteiger partial charge in [-0.25, -0.2) is 0 Å². The van der Waals surface area contributed by atoms with Crippen LogP contribution in [0.4, 0.5) is 0 Å². The number of rotatable bonds is 5. The van der Waals surface area contributed by atoms with Crippen LogP contribution in [0.15, 0.2) is 23.6 Å². The van der Waals surface area contributed by atoms with Crippen molar-refractivity contribution in [1.82, 2.24) is 0 Å². The molecule has 0 saturated heterocycles. The molecule has 0 N–H and O–H groups in total. The van der Waals surface area contributed by atoms with Gasteiger partial charge in [0.2, 0.25) is 0 Å². The molecule has 0 heterocycles. The lowest BCUT2D eigenvalue weighted by molar-refractivity contribution is 0.463. The van der Waals surface area contributed by atoms with Gasteiger partial charge in [-0.3, -0.25) is 0 Å². The molecule has 5 nitrogen and oxygen atoms in total. The average molecular weight is 254 g/mol. The maximum atomic E-state index is 11.3. The van der Waals surface area contributed by atoms with Crippen LogP contribution in [0.3, 0.4) is 0 Å². The summed E-state index contributed by atoms with van der Waals surface area (Å²) in [6.45, 7) is 7.26. The first-order valence-corrected chi connectivity index (χ1v) is 7.00. The zero-order valence-electron chi connectivity index (χ0n) is 8.80. The lowest BCUT2D eigenvalue weighted by Gasteiger charge is -2.08. The molecule has 0 aliphatic carbocycles. The summed E-state index contributed by atoms with van der Waals surface area (Å²) >= 11 is 0. The maximum Gasteiger partial charge on any atom is 0.306 e. The van der Waals surface area contributed by atoms with Gasteiger partial charge in [-0.2, -0.15) is 16.8 Å². The van der Waals surface area contributed by atoms with Crippen molar-refractivity contribution >= 4 is 20.2 Å². The van der Waals surface area contributed by atoms with E-state index in [0.29, 0.717) is 0 Å². The average Bonchev–Trinajstić information content (AvgIpc) is 2.13. The van der Waals surface area contributed by atoms with Crippen molar-refractivity contribution in [1.29, 1.82) is 0 Å². The number of hydrogen-bond acceptors (Lipinski definition) is 5. The quantitative estimate of drug-likeness (QED) is 0.688. The topological polar surface area (TPSA) is 77.5 Å². The van der Waals surface area contributed by atoms with Crippen LogP contribution >= 0.6 is 0 Å². The molecule has 0 aromatic heterocycles. The first-order valence-electron chi connectivity index (χ1n) is 4.12. The van der Waals surface area contributed by atoms with E-state index in [1.807, 2.05) is 0 Å². The molecule has 15 heavy (non-hydrogen) atoms. The van der Waals surface area contributed by atoms with Gasteiger partial charge < -0.3 is 0 Å². The number of allylic oxidation sites excluding steroid dienone is 2. The lowest BCUT2D eigenvalue weighted by atomic mass is 10.5. The van der Waals surface area contributed by atoms with Crippen molar-refractivity contribution in [3.63, 3.8) is 0 Å². The largest absolute Gasteiger partial charge is 0.306 e. The molecule has 7 heteroatoms. The van der Waals surface area contributed by atoms with Crippen molar-refractivity contribution < 1.29 is 20.5 Å². The third kappa shape index (κ3) is 3.77. The van der Waals surface area contributed by atoms with Gasteiger partial charge in [-0.1, -0.05) is 12.2 Å². The van der Waals surface area contributed by atoms with Crippen molar-refractivity contribution in [2.24, 2.45) is 0 Å². The van der Waals surface area contributed by atoms with Crippen molar-refractivity contribution in [3.05, 3.63) is 23.6 Å². The Kier molecular flexibility index (Phi) is 4.69. The minimum atomic E-state index is -4.20. The van der Waals surface area contributed by atoms with Gasteiger partial charge >= 0.3 is 10.1 Å². The van der Waals surface area contributed by atoms with E-state index in [4.69, 9.17) is 0 Å². The fourth-order valence-corrected chi connectivity index (χ4v) is 2.95. The van der Waals surface area contributed by atoms with E-state index in [9.17, 15) is 16.8 Å². The van der Waals surface area contributed by atoms with Crippen LogP contribution in [0.5, 0.6) is 0 Å². The van der Waals surface area contributed by atoms with Crippen molar-refractivity contribution in [2.45, 2.75) is 26.0 Å². The van der Waals surface area contributed by atoms with Crippen LogP contribution < -0.4 is 0 Å². The Morgan fingerprint density at radius 1 is 1.33 bits per heavy atom. The Morgan fingerprint density at radius 3 is 2.13 bits per heavy atom. The summed E-state index contributed by atoms with van der Waals surface area (Å²) < 4.78 is 49.3. The van der Waals surface area contributed by atoms with Gasteiger partial charge in [0.15, 0.2) is 0 Å². The van der Waals surface area contributed by atoms with Crippen LogP contribution in [0, 0.1) is 0 Å². The van der Waals surface area contributed by atoms with Crippen LogP contribution in [0.1, 0.15) is 20.8 Å². The highest BCUT2D eigenvalue weighted by molar-refractivity contribution is 8.02. The second-order valence-corrected chi connectivity index (χ2v) is 6.68. The summed E-state index contributed by atoms with van der Waals surface area (Å²) in [5.74, 6) is 0. The molecule has 88 valence electrons. The van der Waals surface area contributed by atoms with Gasteiger partial charge in [0, 0.05) is 0 Å². The second-order valence-electron chi connectivity index (χ2n) is 2.86. The molecule has 0 amide bonds. The highest BCUT2D eigenvalue weighted by Crippen LogP contribution is 2.15. The standard InChI is InChI=1S/C8H14O5S2/c1-5-7(3)14(9,10)13-15(11,12)8(4)6-2/h5-7H,1H2,2-4H3. The fraction of sp³-hybridized carbons (Fsp3) is 0.500. The highest BCUT2D eigenvalue weighted by Gasteiger charge is 2.27. The van der Waals surface area contributed by atoms with Crippen LogP contribution in [0.25, 0.3) is 0 Å². The van der Waals surface area contributed by atoms with Gasteiger partial charge in [-0.05, 0) is 20.8 Å². The molecular weight excluding hydrogens is 240 g/mol. The highest BCUT2D eigenvalue weighted by atomic mass is 32.3. The zero-order chi connectivity index (χ0) is 12.3. The summed E-state index contributed by atoms with van der Waals surface area (Å²) in [5, 5.41) is -1.07. The molecule has 0 spiro atoms. The predicted octanol–water partition coefficient (Wildman–Crippen LogP) is 1.16. The summed E-state index contributed by atoms with van der Waals surface area (Å²) in [7, 11) is -8.37. The SMILES string of the molecule is C=CC(C)S(=O)(=O)OS(=O)(=O)C(C)=CC. The Bertz CT molecular complexity index is 455. The van der Waals surface area contributed by atoms with E-state index in [0.717, 1.165) is 6.08 Å². The van der Waals surface area contributed by atoms with Crippen molar-refractivity contribution in [2.75, 3.05) is 0 Å². The molecule has 0 aromatic carbocycles. The van der Waals surface area contributed by atoms with E-state index in [-0.39, 0.29) is 4.91 Å². The Labute approximate surface area is 90.7 Å². The Hall–Kier alpha value is -0.660. The molecule has 0 aromatic rings. The molecule has 1 unspecified atom stereocenters. The monoisotopic (exact) mass is 254 g/mol. The van der Waals surface area contributed by atoms with Crippen LogP contribution in [-0.2, 0) is 23.9 Å². The second kappa shape index (κ2) is 4.91. The predicted molar refractivity (Wildman–Crippen MR) is 58.0 cm³/mol. The Balaban J connectivity index is 5.16. The van der Waals surface area contributed by atoms with Crippen LogP contribution in [0.2, 0.25) is 0 Å². The normalized spacial score (nSPS) is 16.1. The summed E-state index contributed by atoms with van der Waals surface area (Å²) in [4.78, 5) is -0.151. The molecule has 0 aliphatic heterocycles. The van der Waals surface area contributed by atoms with E-state index in [1.54, 1.807) is 0 Å². The van der Waals surface area contributed by atoms with Gasteiger partial charge in [-0.15, -0.1) is 10.2 Å². The summed E-state index contributed by atoms with van der Waals surface area (Å²) in [6, 6.07) is 0. The third-order valence-electron chi connectivity index (χ3n) is 1.77. The first kappa shape index (κ1) is 14.3. The third-order valence-corrected chi connectivity index (χ3v) is 5.38. The summed E-state index contributed by atoms with van der Waals surface area (Å²) in [6.07, 6.45) is 2.35. The molecule has 0 bridgehead atoms. The minimum Gasteiger partial charge on any atom is -0.198 e. The van der Waals surface area contributed by atoms with Gasteiger partial charge in [0.25, 0.3) is 10.1 Å². The fourth-order valence-electron chi connectivity index (χ4n) is 0.503. The zero-order valence-corrected chi connectivity index (χ0v) is 10.4. The van der Waals surface area contributed by atoms with Gasteiger partial charge in [0.1, 0.15) is 5.25 Å². The maximum absolute atomic E-state index is 11.3. The van der Waals surface area contributed by atoms with E-state index in [1.165, 1.54) is 26.8 Å². The number of hydrogen-bond donors (Lipinski definition) is 0. The minimum absolute atomic E-state index is 0.151. The first-order chi connectivity index (χ1) is 6.67. The lowest BCUT2D eigenvalue weighted by Crippen LogP contribution is -2.22. The van der Waals surface area contributed by atoms with Crippen LogP contribution in [-0.4, -0.2) is 22.1 Å². The van der Waals surface area contributed by atoms with Gasteiger partial charge in [0.05, 0.1) is 4.91 Å².